The second kappa shape index (κ2) is 2.84. The van der Waals surface area contributed by atoms with Crippen LogP contribution >= 0.6 is 0 Å². The van der Waals surface area contributed by atoms with Crippen LogP contribution in [0.3, 0.4) is 0 Å². The van der Waals surface area contributed by atoms with E-state index in [1.54, 1.807) is 0 Å². The number of ketones is 1. The van der Waals surface area contributed by atoms with E-state index in [1.165, 1.54) is 19.3 Å². The highest BCUT2D eigenvalue weighted by Gasteiger charge is 2.46. The molecule has 0 aliphatic heterocycles. The Hall–Kier alpha value is -0.370. The van der Waals surface area contributed by atoms with Gasteiger partial charge in [-0.2, -0.15) is 0 Å². The molecule has 2 fully saturated rings. The Balaban J connectivity index is 2.02. The highest BCUT2D eigenvalue weighted by Crippen LogP contribution is 2.45. The number of carbonyl (C=O) groups excluding carboxylic acids is 1. The van der Waals surface area contributed by atoms with Crippen molar-refractivity contribution in [3.63, 3.8) is 0 Å². The van der Waals surface area contributed by atoms with E-state index >= 15 is 0 Å². The van der Waals surface area contributed by atoms with Crippen LogP contribution in [0.15, 0.2) is 0 Å². The molecule has 0 saturated heterocycles. The van der Waals surface area contributed by atoms with E-state index in [0.717, 1.165) is 12.5 Å². The van der Waals surface area contributed by atoms with Crippen LogP contribution in [0, 0.1) is 17.8 Å². The summed E-state index contributed by atoms with van der Waals surface area (Å²) in [6.45, 7) is 0.972. The fourth-order valence-electron chi connectivity index (χ4n) is 2.81. The van der Waals surface area contributed by atoms with Crippen LogP contribution in [0.4, 0.5) is 0 Å². The zero-order valence-electron chi connectivity index (χ0n) is 7.92. The number of Topliss-reactive ketones (excluding diaryl/α,β-unsaturated/α-hetero) is 1. The van der Waals surface area contributed by atoms with Gasteiger partial charge in [-0.25, -0.2) is 0 Å². The van der Waals surface area contributed by atoms with Crippen LogP contribution in [0.2, 0.25) is 0 Å². The van der Waals surface area contributed by atoms with Crippen LogP contribution in [0.5, 0.6) is 0 Å². The van der Waals surface area contributed by atoms with Crippen molar-refractivity contribution in [1.29, 1.82) is 0 Å². The van der Waals surface area contributed by atoms with Crippen LogP contribution in [0.25, 0.3) is 0 Å². The molecule has 2 aliphatic carbocycles. The molecule has 0 heterocycles. The van der Waals surface area contributed by atoms with Gasteiger partial charge in [-0.3, -0.25) is 4.79 Å². The van der Waals surface area contributed by atoms with Crippen molar-refractivity contribution in [1.82, 2.24) is 4.90 Å². The van der Waals surface area contributed by atoms with Crippen LogP contribution < -0.4 is 0 Å². The van der Waals surface area contributed by atoms with Gasteiger partial charge in [0.1, 0.15) is 5.78 Å². The third kappa shape index (κ3) is 1.18. The molecule has 2 aliphatic rings. The van der Waals surface area contributed by atoms with Crippen molar-refractivity contribution >= 4 is 5.78 Å². The normalized spacial score (nSPS) is 39.9. The van der Waals surface area contributed by atoms with Crippen LogP contribution in [-0.2, 0) is 4.79 Å². The summed E-state index contributed by atoms with van der Waals surface area (Å²) in [5.74, 6) is 2.10. The second-order valence-corrected chi connectivity index (χ2v) is 4.54. The molecule has 2 heteroatoms. The van der Waals surface area contributed by atoms with Gasteiger partial charge in [-0.1, -0.05) is 0 Å². The predicted molar refractivity (Wildman–Crippen MR) is 47.9 cm³/mol. The average Bonchev–Trinajstić information content (AvgIpc) is 2.53. The van der Waals surface area contributed by atoms with Crippen LogP contribution in [0.1, 0.15) is 19.3 Å². The maximum atomic E-state index is 11.7. The molecule has 2 bridgehead atoms. The smallest absolute Gasteiger partial charge is 0.140 e. The quantitative estimate of drug-likeness (QED) is 0.615. The lowest BCUT2D eigenvalue weighted by atomic mass is 9.87. The van der Waals surface area contributed by atoms with Crippen molar-refractivity contribution in [2.45, 2.75) is 19.3 Å². The number of nitrogens with zero attached hydrogens (tertiary/aromatic N) is 1. The minimum Gasteiger partial charge on any atom is -0.309 e. The van der Waals surface area contributed by atoms with Gasteiger partial charge in [0.15, 0.2) is 0 Å². The van der Waals surface area contributed by atoms with Gasteiger partial charge in [-0.15, -0.1) is 0 Å². The lowest BCUT2D eigenvalue weighted by Gasteiger charge is -2.23. The maximum absolute atomic E-state index is 11.7. The van der Waals surface area contributed by atoms with Crippen LogP contribution in [-0.4, -0.2) is 31.3 Å². The molecule has 0 aromatic rings. The third-order valence-corrected chi connectivity index (χ3v) is 3.37. The summed E-state index contributed by atoms with van der Waals surface area (Å²) in [6.07, 6.45) is 3.67. The predicted octanol–water partition coefficient (Wildman–Crippen LogP) is 1.16. The first-order chi connectivity index (χ1) is 5.68. The third-order valence-electron chi connectivity index (χ3n) is 3.37. The van der Waals surface area contributed by atoms with Gasteiger partial charge in [0.05, 0.1) is 0 Å². The Morgan fingerprint density at radius 2 is 2.17 bits per heavy atom. The van der Waals surface area contributed by atoms with E-state index in [2.05, 4.69) is 19.0 Å². The number of carbonyl (C=O) groups is 1. The minimum atomic E-state index is 0.374. The highest BCUT2D eigenvalue weighted by atomic mass is 16.1. The molecule has 3 atom stereocenters. The Labute approximate surface area is 73.9 Å². The molecule has 0 amide bonds. The summed E-state index contributed by atoms with van der Waals surface area (Å²) in [5.41, 5.74) is 0. The summed E-state index contributed by atoms with van der Waals surface area (Å²) in [5, 5.41) is 0. The Morgan fingerprint density at radius 3 is 2.67 bits per heavy atom. The molecule has 0 spiro atoms. The molecular formula is C10H17NO. The van der Waals surface area contributed by atoms with Crippen molar-refractivity contribution in [3.8, 4) is 0 Å². The molecule has 0 aromatic carbocycles. The molecule has 2 rings (SSSR count). The molecule has 0 N–H and O–H groups in total. The van der Waals surface area contributed by atoms with E-state index in [0.29, 0.717) is 17.6 Å². The van der Waals surface area contributed by atoms with E-state index in [-0.39, 0.29) is 0 Å². The maximum Gasteiger partial charge on any atom is 0.140 e. The monoisotopic (exact) mass is 167 g/mol. The lowest BCUT2D eigenvalue weighted by Crippen LogP contribution is -2.31. The molecule has 0 radical (unpaired) electrons. The summed E-state index contributed by atoms with van der Waals surface area (Å²) in [7, 11) is 4.11. The van der Waals surface area contributed by atoms with Crippen molar-refractivity contribution in [3.05, 3.63) is 0 Å². The van der Waals surface area contributed by atoms with Gasteiger partial charge >= 0.3 is 0 Å². The number of hydrogen-bond donors (Lipinski definition) is 0. The SMILES string of the molecule is CN(C)CC1C(=O)C2CCC1C2. The fourth-order valence-corrected chi connectivity index (χ4v) is 2.81. The first-order valence-corrected chi connectivity index (χ1v) is 4.87. The van der Waals surface area contributed by atoms with Crippen molar-refractivity contribution < 1.29 is 4.79 Å². The van der Waals surface area contributed by atoms with Crippen molar-refractivity contribution in [2.24, 2.45) is 17.8 Å². The lowest BCUT2D eigenvalue weighted by molar-refractivity contribution is -0.126. The van der Waals surface area contributed by atoms with Gasteiger partial charge in [0.25, 0.3) is 0 Å². The number of fused-ring (bicyclic) bond motifs is 2. The molecule has 68 valence electrons. The molecule has 3 unspecified atom stereocenters. The standard InChI is InChI=1S/C10H17NO/c1-11(2)6-9-7-3-4-8(5-7)10(9)12/h7-9H,3-6H2,1-2H3. The van der Waals surface area contributed by atoms with Gasteiger partial charge in [-0.05, 0) is 39.3 Å². The molecule has 12 heavy (non-hydrogen) atoms. The molecule has 2 nitrogen and oxygen atoms in total. The largest absolute Gasteiger partial charge is 0.309 e. The average molecular weight is 167 g/mol. The fraction of sp³-hybridized carbons (Fsp3) is 0.900. The van der Waals surface area contributed by atoms with Gasteiger partial charge < -0.3 is 4.90 Å². The minimum absolute atomic E-state index is 0.374. The zero-order valence-corrected chi connectivity index (χ0v) is 7.92. The Morgan fingerprint density at radius 1 is 1.42 bits per heavy atom. The van der Waals surface area contributed by atoms with E-state index in [1.807, 2.05) is 0 Å². The summed E-state index contributed by atoms with van der Waals surface area (Å²) in [6, 6.07) is 0. The summed E-state index contributed by atoms with van der Waals surface area (Å²) < 4.78 is 0. The van der Waals surface area contributed by atoms with E-state index < -0.39 is 0 Å². The first-order valence-electron chi connectivity index (χ1n) is 4.87. The van der Waals surface area contributed by atoms with E-state index in [4.69, 9.17) is 0 Å². The Kier molecular flexibility index (Phi) is 1.95. The van der Waals surface area contributed by atoms with Crippen molar-refractivity contribution in [2.75, 3.05) is 20.6 Å². The second-order valence-electron chi connectivity index (χ2n) is 4.54. The van der Waals surface area contributed by atoms with Gasteiger partial charge in [0, 0.05) is 18.4 Å². The van der Waals surface area contributed by atoms with E-state index in [9.17, 15) is 4.79 Å². The molecule has 0 aromatic heterocycles. The molecular weight excluding hydrogens is 150 g/mol. The first kappa shape index (κ1) is 8.24. The number of rotatable bonds is 2. The molecule has 2 saturated carbocycles. The summed E-state index contributed by atoms with van der Waals surface area (Å²) >= 11 is 0. The summed E-state index contributed by atoms with van der Waals surface area (Å²) in [4.78, 5) is 13.8. The number of hydrogen-bond acceptors (Lipinski definition) is 2. The Bertz CT molecular complexity index is 200. The zero-order chi connectivity index (χ0) is 8.72. The topological polar surface area (TPSA) is 20.3 Å². The highest BCUT2D eigenvalue weighted by molar-refractivity contribution is 5.87. The van der Waals surface area contributed by atoms with Gasteiger partial charge in [0.2, 0.25) is 0 Å².